The number of rotatable bonds is 8. The SMILES string of the molecule is C[C@@H]1CCC(=O)N(CCNC(=O)CSCC(=O)NC2CC2)C1=O. The topological polar surface area (TPSA) is 95.6 Å². The van der Waals surface area contributed by atoms with Crippen LogP contribution in [0.25, 0.3) is 0 Å². The lowest BCUT2D eigenvalue weighted by atomic mass is 9.99. The summed E-state index contributed by atoms with van der Waals surface area (Å²) in [5, 5.41) is 5.53. The van der Waals surface area contributed by atoms with Crippen molar-refractivity contribution < 1.29 is 19.2 Å². The Morgan fingerprint density at radius 1 is 1.17 bits per heavy atom. The molecule has 0 unspecified atom stereocenters. The lowest BCUT2D eigenvalue weighted by Gasteiger charge is -2.28. The maximum absolute atomic E-state index is 11.9. The zero-order chi connectivity index (χ0) is 16.8. The van der Waals surface area contributed by atoms with E-state index in [0.29, 0.717) is 18.9 Å². The molecule has 0 bridgehead atoms. The Morgan fingerprint density at radius 2 is 1.87 bits per heavy atom. The van der Waals surface area contributed by atoms with Crippen LogP contribution < -0.4 is 10.6 Å². The van der Waals surface area contributed by atoms with Gasteiger partial charge in [0.25, 0.3) is 0 Å². The summed E-state index contributed by atoms with van der Waals surface area (Å²) in [4.78, 5) is 48.0. The largest absolute Gasteiger partial charge is 0.354 e. The lowest BCUT2D eigenvalue weighted by molar-refractivity contribution is -0.151. The molecule has 8 heteroatoms. The summed E-state index contributed by atoms with van der Waals surface area (Å²) in [7, 11) is 0. The van der Waals surface area contributed by atoms with Crippen molar-refractivity contribution >= 4 is 35.4 Å². The maximum Gasteiger partial charge on any atom is 0.232 e. The third-order valence-electron chi connectivity index (χ3n) is 3.85. The number of nitrogens with zero attached hydrogens (tertiary/aromatic N) is 1. The molecule has 1 saturated heterocycles. The van der Waals surface area contributed by atoms with Crippen LogP contribution in [0.4, 0.5) is 0 Å². The second-order valence-corrected chi connectivity index (χ2v) is 6.99. The second-order valence-electron chi connectivity index (χ2n) is 6.01. The van der Waals surface area contributed by atoms with Crippen molar-refractivity contribution in [1.82, 2.24) is 15.5 Å². The van der Waals surface area contributed by atoms with Gasteiger partial charge >= 0.3 is 0 Å². The molecule has 1 saturated carbocycles. The highest BCUT2D eigenvalue weighted by Gasteiger charge is 2.31. The molecule has 2 N–H and O–H groups in total. The summed E-state index contributed by atoms with van der Waals surface area (Å²) in [6.45, 7) is 2.27. The molecule has 23 heavy (non-hydrogen) atoms. The van der Waals surface area contributed by atoms with Gasteiger partial charge in [-0.05, 0) is 19.3 Å². The van der Waals surface area contributed by atoms with Crippen LogP contribution in [0.15, 0.2) is 0 Å². The molecule has 1 atom stereocenters. The molecule has 2 fully saturated rings. The second kappa shape index (κ2) is 8.33. The fraction of sp³-hybridized carbons (Fsp3) is 0.733. The number of imide groups is 1. The third-order valence-corrected chi connectivity index (χ3v) is 4.78. The summed E-state index contributed by atoms with van der Waals surface area (Å²) in [6, 6.07) is 0.332. The smallest absolute Gasteiger partial charge is 0.232 e. The van der Waals surface area contributed by atoms with Crippen LogP contribution in [-0.4, -0.2) is 59.2 Å². The van der Waals surface area contributed by atoms with Crippen molar-refractivity contribution in [2.24, 2.45) is 5.92 Å². The summed E-state index contributed by atoms with van der Waals surface area (Å²) in [6.07, 6.45) is 3.07. The Hall–Kier alpha value is -1.57. The van der Waals surface area contributed by atoms with Gasteiger partial charge in [-0.15, -0.1) is 11.8 Å². The van der Waals surface area contributed by atoms with Crippen molar-refractivity contribution in [2.75, 3.05) is 24.6 Å². The number of thioether (sulfide) groups is 1. The van der Waals surface area contributed by atoms with Crippen LogP contribution in [-0.2, 0) is 19.2 Å². The Kier molecular flexibility index (Phi) is 6.44. The first-order valence-corrected chi connectivity index (χ1v) is 9.11. The molecule has 2 aliphatic rings. The molecule has 2 rings (SSSR count). The Bertz CT molecular complexity index is 493. The van der Waals surface area contributed by atoms with Gasteiger partial charge in [0.05, 0.1) is 11.5 Å². The molecular formula is C15H23N3O4S. The average Bonchev–Trinajstić information content (AvgIpc) is 3.30. The van der Waals surface area contributed by atoms with Crippen molar-refractivity contribution in [2.45, 2.75) is 38.6 Å². The van der Waals surface area contributed by atoms with E-state index in [2.05, 4.69) is 10.6 Å². The average molecular weight is 341 g/mol. The molecule has 0 radical (unpaired) electrons. The van der Waals surface area contributed by atoms with E-state index in [0.717, 1.165) is 12.8 Å². The van der Waals surface area contributed by atoms with E-state index < -0.39 is 0 Å². The van der Waals surface area contributed by atoms with E-state index in [-0.39, 0.29) is 54.1 Å². The number of likely N-dealkylation sites (tertiary alicyclic amines) is 1. The van der Waals surface area contributed by atoms with E-state index in [9.17, 15) is 19.2 Å². The van der Waals surface area contributed by atoms with Gasteiger partial charge in [0, 0.05) is 31.5 Å². The van der Waals surface area contributed by atoms with Crippen molar-refractivity contribution in [3.8, 4) is 0 Å². The molecule has 1 aliphatic heterocycles. The van der Waals surface area contributed by atoms with Gasteiger partial charge in [0.2, 0.25) is 23.6 Å². The molecule has 1 aliphatic carbocycles. The normalized spacial score (nSPS) is 21.3. The van der Waals surface area contributed by atoms with E-state index >= 15 is 0 Å². The zero-order valence-corrected chi connectivity index (χ0v) is 14.1. The summed E-state index contributed by atoms with van der Waals surface area (Å²) >= 11 is 1.26. The Balaban J connectivity index is 1.57. The predicted octanol–water partition coefficient (Wildman–Crippen LogP) is -0.100. The first-order chi connectivity index (χ1) is 11.0. The third kappa shape index (κ3) is 5.85. The number of carbonyl (C=O) groups excluding carboxylic acids is 4. The predicted molar refractivity (Wildman–Crippen MR) is 86.6 cm³/mol. The first kappa shape index (κ1) is 17.8. The van der Waals surface area contributed by atoms with Gasteiger partial charge in [-0.2, -0.15) is 0 Å². The number of hydrogen-bond donors (Lipinski definition) is 2. The summed E-state index contributed by atoms with van der Waals surface area (Å²) < 4.78 is 0. The lowest BCUT2D eigenvalue weighted by Crippen LogP contribution is -2.47. The molecule has 4 amide bonds. The summed E-state index contributed by atoms with van der Waals surface area (Å²) in [5.74, 6) is -0.247. The number of hydrogen-bond acceptors (Lipinski definition) is 5. The number of carbonyl (C=O) groups is 4. The molecular weight excluding hydrogens is 318 g/mol. The zero-order valence-electron chi connectivity index (χ0n) is 13.3. The maximum atomic E-state index is 11.9. The fourth-order valence-corrected chi connectivity index (χ4v) is 2.97. The highest BCUT2D eigenvalue weighted by atomic mass is 32.2. The van der Waals surface area contributed by atoms with Crippen molar-refractivity contribution in [3.63, 3.8) is 0 Å². The van der Waals surface area contributed by atoms with Crippen LogP contribution >= 0.6 is 11.8 Å². The van der Waals surface area contributed by atoms with Crippen LogP contribution in [0.2, 0.25) is 0 Å². The summed E-state index contributed by atoms with van der Waals surface area (Å²) in [5.41, 5.74) is 0. The number of nitrogens with one attached hydrogen (secondary N) is 2. The van der Waals surface area contributed by atoms with Crippen LogP contribution in [0.5, 0.6) is 0 Å². The fourth-order valence-electron chi connectivity index (χ4n) is 2.31. The monoisotopic (exact) mass is 341 g/mol. The van der Waals surface area contributed by atoms with Gasteiger partial charge in [-0.1, -0.05) is 6.92 Å². The Labute approximate surface area is 139 Å². The van der Waals surface area contributed by atoms with E-state index in [4.69, 9.17) is 0 Å². The van der Waals surface area contributed by atoms with Crippen LogP contribution in [0.3, 0.4) is 0 Å². The molecule has 0 spiro atoms. The minimum absolute atomic E-state index is 0.0382. The minimum Gasteiger partial charge on any atom is -0.354 e. The Morgan fingerprint density at radius 3 is 2.57 bits per heavy atom. The van der Waals surface area contributed by atoms with Gasteiger partial charge in [0.15, 0.2) is 0 Å². The number of amides is 4. The first-order valence-electron chi connectivity index (χ1n) is 7.95. The van der Waals surface area contributed by atoms with E-state index in [1.807, 2.05) is 6.92 Å². The molecule has 0 aromatic heterocycles. The van der Waals surface area contributed by atoms with Crippen LogP contribution in [0, 0.1) is 5.92 Å². The molecule has 128 valence electrons. The quantitative estimate of drug-likeness (QED) is 0.601. The number of piperidine rings is 1. The molecule has 1 heterocycles. The van der Waals surface area contributed by atoms with E-state index in [1.54, 1.807) is 0 Å². The van der Waals surface area contributed by atoms with Gasteiger partial charge in [-0.3, -0.25) is 24.1 Å². The van der Waals surface area contributed by atoms with Gasteiger partial charge in [0.1, 0.15) is 0 Å². The van der Waals surface area contributed by atoms with Gasteiger partial charge in [-0.25, -0.2) is 0 Å². The van der Waals surface area contributed by atoms with Crippen molar-refractivity contribution in [3.05, 3.63) is 0 Å². The van der Waals surface area contributed by atoms with Crippen LogP contribution in [0.1, 0.15) is 32.6 Å². The van der Waals surface area contributed by atoms with Gasteiger partial charge < -0.3 is 10.6 Å². The molecule has 7 nitrogen and oxygen atoms in total. The molecule has 0 aromatic carbocycles. The molecule has 0 aromatic rings. The highest BCUT2D eigenvalue weighted by molar-refractivity contribution is 8.00. The van der Waals surface area contributed by atoms with Crippen molar-refractivity contribution in [1.29, 1.82) is 0 Å². The minimum atomic E-state index is -0.195. The van der Waals surface area contributed by atoms with E-state index in [1.165, 1.54) is 16.7 Å². The highest BCUT2D eigenvalue weighted by Crippen LogP contribution is 2.19. The standard InChI is InChI=1S/C15H23N3O4S/c1-10-2-5-14(21)18(15(10)22)7-6-16-12(19)8-23-9-13(20)17-11-3-4-11/h10-11H,2-9H2,1H3,(H,16,19)(H,17,20)/t10-/m1/s1.